The van der Waals surface area contributed by atoms with Crippen molar-refractivity contribution in [3.63, 3.8) is 0 Å². The molecule has 6 heteroatoms. The number of carboxylic acids is 1. The second-order valence-electron chi connectivity index (χ2n) is 2.00. The Kier molecular flexibility index (Phi) is 5.60. The molecule has 0 saturated heterocycles. The van der Waals surface area contributed by atoms with Gasteiger partial charge in [0, 0.05) is 6.42 Å². The highest BCUT2D eigenvalue weighted by atomic mass is 127. The van der Waals surface area contributed by atoms with Gasteiger partial charge in [-0.25, -0.2) is 0 Å². The molecule has 0 aromatic heterocycles. The lowest BCUT2D eigenvalue weighted by Crippen LogP contribution is -2.31. The van der Waals surface area contributed by atoms with Gasteiger partial charge in [-0.3, -0.25) is 19.7 Å². The number of carbonyl (C=O) groups is 3. The predicted molar refractivity (Wildman–Crippen MR) is 48.9 cm³/mol. The monoisotopic (exact) mass is 285 g/mol. The summed E-state index contributed by atoms with van der Waals surface area (Å²) in [5, 5.41) is 10.2. The molecule has 0 aliphatic carbocycles. The zero-order chi connectivity index (χ0) is 9.56. The number of halogens is 1. The molecular weight excluding hydrogens is 277 g/mol. The van der Waals surface area contributed by atoms with Crippen molar-refractivity contribution >= 4 is 40.4 Å². The van der Waals surface area contributed by atoms with E-state index in [0.717, 1.165) is 0 Å². The molecule has 0 atom stereocenters. The first-order valence-electron chi connectivity index (χ1n) is 3.16. The van der Waals surface area contributed by atoms with Gasteiger partial charge in [0.05, 0.1) is 10.8 Å². The van der Waals surface area contributed by atoms with E-state index in [4.69, 9.17) is 5.11 Å². The molecule has 0 unspecified atom stereocenters. The second-order valence-corrected chi connectivity index (χ2v) is 2.76. The van der Waals surface area contributed by atoms with E-state index in [9.17, 15) is 14.4 Å². The molecule has 0 fully saturated rings. The fraction of sp³-hybridized carbons (Fsp3) is 0.500. The van der Waals surface area contributed by atoms with Crippen molar-refractivity contribution in [1.82, 2.24) is 5.32 Å². The maximum Gasteiger partial charge on any atom is 0.303 e. The van der Waals surface area contributed by atoms with Crippen LogP contribution in [0.1, 0.15) is 12.8 Å². The first kappa shape index (κ1) is 11.3. The molecule has 2 amide bonds. The molecule has 0 heterocycles. The average Bonchev–Trinajstić information content (AvgIpc) is 2.00. The van der Waals surface area contributed by atoms with Crippen LogP contribution in [0, 0.1) is 0 Å². The number of imide groups is 1. The van der Waals surface area contributed by atoms with E-state index in [0.29, 0.717) is 0 Å². The van der Waals surface area contributed by atoms with Crippen molar-refractivity contribution in [2.45, 2.75) is 12.8 Å². The van der Waals surface area contributed by atoms with Gasteiger partial charge in [-0.15, -0.1) is 0 Å². The summed E-state index contributed by atoms with van der Waals surface area (Å²) in [6.07, 6.45) is -0.405. The van der Waals surface area contributed by atoms with Gasteiger partial charge in [-0.1, -0.05) is 22.6 Å². The first-order chi connectivity index (χ1) is 5.56. The van der Waals surface area contributed by atoms with Gasteiger partial charge in [0.15, 0.2) is 0 Å². The minimum atomic E-state index is -1.05. The number of rotatable bonds is 4. The molecule has 12 heavy (non-hydrogen) atoms. The summed E-state index contributed by atoms with van der Waals surface area (Å²) < 4.78 is 0.191. The lowest BCUT2D eigenvalue weighted by Gasteiger charge is -1.98. The van der Waals surface area contributed by atoms with Crippen LogP contribution in [-0.2, 0) is 14.4 Å². The molecule has 0 rings (SSSR count). The summed E-state index contributed by atoms with van der Waals surface area (Å²) in [7, 11) is 0. The number of alkyl halides is 1. The number of carbonyl (C=O) groups excluding carboxylic acids is 2. The molecule has 0 spiro atoms. The Balaban J connectivity index is 3.60. The molecule has 0 aliphatic rings. The topological polar surface area (TPSA) is 83.5 Å². The van der Waals surface area contributed by atoms with E-state index in [2.05, 4.69) is 0 Å². The van der Waals surface area contributed by atoms with Crippen LogP contribution in [0.3, 0.4) is 0 Å². The van der Waals surface area contributed by atoms with Crippen molar-refractivity contribution in [3.8, 4) is 0 Å². The molecule has 0 aliphatic heterocycles. The van der Waals surface area contributed by atoms with Crippen molar-refractivity contribution in [3.05, 3.63) is 0 Å². The lowest BCUT2D eigenvalue weighted by molar-refractivity contribution is -0.139. The summed E-state index contributed by atoms with van der Waals surface area (Å²) in [6.45, 7) is 0. The zero-order valence-electron chi connectivity index (χ0n) is 6.17. The van der Waals surface area contributed by atoms with Crippen LogP contribution in [0.4, 0.5) is 0 Å². The quantitative estimate of drug-likeness (QED) is 0.559. The average molecular weight is 285 g/mol. The summed E-state index contributed by atoms with van der Waals surface area (Å²) in [6, 6.07) is 0. The van der Waals surface area contributed by atoms with E-state index in [-0.39, 0.29) is 17.3 Å². The molecule has 68 valence electrons. The Hall–Kier alpha value is -0.660. The molecule has 0 aromatic carbocycles. The van der Waals surface area contributed by atoms with Crippen LogP contribution in [0.15, 0.2) is 0 Å². The molecule has 0 radical (unpaired) electrons. The highest BCUT2D eigenvalue weighted by molar-refractivity contribution is 14.1. The molecule has 5 nitrogen and oxygen atoms in total. The molecule has 2 N–H and O–H groups in total. The summed E-state index contributed by atoms with van der Waals surface area (Å²) in [5.74, 6) is -1.99. The van der Waals surface area contributed by atoms with Gasteiger partial charge in [-0.05, 0) is 0 Å². The number of hydrogen-bond donors (Lipinski definition) is 2. The Morgan fingerprint density at radius 1 is 1.17 bits per heavy atom. The van der Waals surface area contributed by atoms with Gasteiger partial charge >= 0.3 is 5.97 Å². The van der Waals surface area contributed by atoms with Gasteiger partial charge < -0.3 is 5.11 Å². The maximum atomic E-state index is 10.7. The third kappa shape index (κ3) is 6.08. The SMILES string of the molecule is O=C(O)CCC(=O)NC(=O)CI. The Morgan fingerprint density at radius 2 is 1.75 bits per heavy atom. The van der Waals surface area contributed by atoms with Crippen molar-refractivity contribution in [2.24, 2.45) is 0 Å². The smallest absolute Gasteiger partial charge is 0.303 e. The summed E-state index contributed by atoms with van der Waals surface area (Å²) in [4.78, 5) is 31.3. The number of carboxylic acid groups (broad SMARTS) is 1. The van der Waals surface area contributed by atoms with Gasteiger partial charge in [-0.2, -0.15) is 0 Å². The molecule has 0 bridgehead atoms. The number of hydrogen-bond acceptors (Lipinski definition) is 3. The number of amides is 2. The van der Waals surface area contributed by atoms with E-state index in [1.54, 1.807) is 0 Å². The highest BCUT2D eigenvalue weighted by Crippen LogP contribution is 1.89. The third-order valence-corrected chi connectivity index (χ3v) is 1.66. The third-order valence-electron chi connectivity index (χ3n) is 0.966. The van der Waals surface area contributed by atoms with Crippen LogP contribution < -0.4 is 5.32 Å². The maximum absolute atomic E-state index is 10.7. The van der Waals surface area contributed by atoms with Crippen molar-refractivity contribution in [2.75, 3.05) is 4.43 Å². The van der Waals surface area contributed by atoms with Gasteiger partial charge in [0.25, 0.3) is 0 Å². The molecule has 0 aromatic rings. The van der Waals surface area contributed by atoms with Crippen LogP contribution in [0.25, 0.3) is 0 Å². The summed E-state index contributed by atoms with van der Waals surface area (Å²) in [5.41, 5.74) is 0. The van der Waals surface area contributed by atoms with Crippen LogP contribution in [0.2, 0.25) is 0 Å². The predicted octanol–water partition coefficient (Wildman–Crippen LogP) is -0.0710. The van der Waals surface area contributed by atoms with Gasteiger partial charge in [0.1, 0.15) is 0 Å². The van der Waals surface area contributed by atoms with Crippen LogP contribution in [-0.4, -0.2) is 27.3 Å². The minimum Gasteiger partial charge on any atom is -0.481 e. The second kappa shape index (κ2) is 5.92. The Labute approximate surface area is 82.7 Å². The first-order valence-corrected chi connectivity index (χ1v) is 4.69. The van der Waals surface area contributed by atoms with Gasteiger partial charge in [0.2, 0.25) is 11.8 Å². The van der Waals surface area contributed by atoms with Crippen molar-refractivity contribution in [1.29, 1.82) is 0 Å². The van der Waals surface area contributed by atoms with E-state index >= 15 is 0 Å². The normalized spacial score (nSPS) is 9.08. The Morgan fingerprint density at radius 3 is 2.17 bits per heavy atom. The van der Waals surface area contributed by atoms with E-state index < -0.39 is 17.8 Å². The fourth-order valence-electron chi connectivity index (χ4n) is 0.472. The van der Waals surface area contributed by atoms with E-state index in [1.807, 2.05) is 27.9 Å². The standard InChI is InChI=1S/C6H8INO4/c7-3-5(10)8-4(9)1-2-6(11)12/h1-3H2,(H,11,12)(H,8,9,10). The fourth-order valence-corrected chi connectivity index (χ4v) is 0.663. The molecular formula is C6H8INO4. The van der Waals surface area contributed by atoms with Crippen LogP contribution in [0.5, 0.6) is 0 Å². The highest BCUT2D eigenvalue weighted by Gasteiger charge is 2.07. The number of nitrogens with one attached hydrogen (secondary N) is 1. The Bertz CT molecular complexity index is 204. The summed E-state index contributed by atoms with van der Waals surface area (Å²) >= 11 is 1.81. The minimum absolute atomic E-state index is 0.155. The van der Waals surface area contributed by atoms with Crippen LogP contribution >= 0.6 is 22.6 Å². The van der Waals surface area contributed by atoms with E-state index in [1.165, 1.54) is 0 Å². The zero-order valence-corrected chi connectivity index (χ0v) is 8.33. The lowest BCUT2D eigenvalue weighted by atomic mass is 10.3. The number of aliphatic carboxylic acids is 1. The largest absolute Gasteiger partial charge is 0.481 e. The molecule has 0 saturated carbocycles. The van der Waals surface area contributed by atoms with Crippen molar-refractivity contribution < 1.29 is 19.5 Å².